The van der Waals surface area contributed by atoms with E-state index in [1.54, 1.807) is 7.11 Å². The van der Waals surface area contributed by atoms with Gasteiger partial charge in [0, 0.05) is 26.7 Å². The van der Waals surface area contributed by atoms with Crippen LogP contribution in [0.5, 0.6) is 0 Å². The number of rotatable bonds is 3. The number of methoxy groups -OCH3 is 1. The predicted molar refractivity (Wildman–Crippen MR) is 75.9 cm³/mol. The molecule has 2 aliphatic heterocycles. The van der Waals surface area contributed by atoms with Gasteiger partial charge in [0.25, 0.3) is 0 Å². The van der Waals surface area contributed by atoms with Crippen molar-refractivity contribution in [1.82, 2.24) is 10.2 Å². The van der Waals surface area contributed by atoms with Crippen LogP contribution in [0.1, 0.15) is 33.6 Å². The molecule has 0 aliphatic carbocycles. The third kappa shape index (κ3) is 2.65. The summed E-state index contributed by atoms with van der Waals surface area (Å²) in [4.78, 5) is 15.0. The summed E-state index contributed by atoms with van der Waals surface area (Å²) in [7, 11) is 1.75. The Morgan fingerprint density at radius 3 is 2.74 bits per heavy atom. The van der Waals surface area contributed by atoms with E-state index in [4.69, 9.17) is 4.74 Å². The minimum Gasteiger partial charge on any atom is -0.379 e. The molecule has 0 bridgehead atoms. The zero-order valence-electron chi connectivity index (χ0n) is 12.7. The first-order valence-electron chi connectivity index (χ1n) is 7.54. The summed E-state index contributed by atoms with van der Waals surface area (Å²) in [5, 5.41) is 3.37. The van der Waals surface area contributed by atoms with Gasteiger partial charge < -0.3 is 15.0 Å². The highest BCUT2D eigenvalue weighted by molar-refractivity contribution is 5.84. The SMILES string of the molecule is COC1CN(C(=O)C2(C(C)C)CCNC2)CCC1C. The van der Waals surface area contributed by atoms with Crippen LogP contribution in [0, 0.1) is 17.3 Å². The lowest BCUT2D eigenvalue weighted by Gasteiger charge is -2.42. The molecule has 0 saturated carbocycles. The molecule has 0 aromatic heterocycles. The van der Waals surface area contributed by atoms with Gasteiger partial charge in [-0.2, -0.15) is 0 Å². The van der Waals surface area contributed by atoms with Crippen molar-refractivity contribution in [2.45, 2.75) is 39.7 Å². The summed E-state index contributed by atoms with van der Waals surface area (Å²) in [6.07, 6.45) is 2.20. The molecule has 3 atom stereocenters. The van der Waals surface area contributed by atoms with Crippen LogP contribution in [0.15, 0.2) is 0 Å². The molecule has 0 aromatic rings. The molecule has 0 aromatic carbocycles. The number of carbonyl (C=O) groups is 1. The average Bonchev–Trinajstić information content (AvgIpc) is 2.89. The summed E-state index contributed by atoms with van der Waals surface area (Å²) in [5.41, 5.74) is -0.196. The average molecular weight is 268 g/mol. The van der Waals surface area contributed by atoms with Gasteiger partial charge in [0.15, 0.2) is 0 Å². The zero-order chi connectivity index (χ0) is 14.0. The summed E-state index contributed by atoms with van der Waals surface area (Å²) in [6, 6.07) is 0. The number of nitrogens with zero attached hydrogens (tertiary/aromatic N) is 1. The molecule has 110 valence electrons. The zero-order valence-corrected chi connectivity index (χ0v) is 12.7. The molecule has 2 heterocycles. The first-order chi connectivity index (χ1) is 9.01. The molecule has 2 saturated heterocycles. The fraction of sp³-hybridized carbons (Fsp3) is 0.933. The first kappa shape index (κ1) is 14.8. The summed E-state index contributed by atoms with van der Waals surface area (Å²) < 4.78 is 5.53. The maximum Gasteiger partial charge on any atom is 0.230 e. The molecule has 4 heteroatoms. The number of nitrogens with one attached hydrogen (secondary N) is 1. The van der Waals surface area contributed by atoms with E-state index in [1.165, 1.54) is 0 Å². The highest BCUT2D eigenvalue weighted by Gasteiger charge is 2.47. The normalized spacial score (nSPS) is 35.9. The molecule has 1 amide bonds. The van der Waals surface area contributed by atoms with Crippen molar-refractivity contribution in [1.29, 1.82) is 0 Å². The van der Waals surface area contributed by atoms with Gasteiger partial charge in [-0.1, -0.05) is 20.8 Å². The number of amides is 1. The Kier molecular flexibility index (Phi) is 4.51. The minimum atomic E-state index is -0.196. The van der Waals surface area contributed by atoms with Crippen LogP contribution in [0.3, 0.4) is 0 Å². The smallest absolute Gasteiger partial charge is 0.230 e. The van der Waals surface area contributed by atoms with Crippen molar-refractivity contribution in [3.05, 3.63) is 0 Å². The van der Waals surface area contributed by atoms with Crippen molar-refractivity contribution in [3.63, 3.8) is 0 Å². The van der Waals surface area contributed by atoms with E-state index in [-0.39, 0.29) is 11.5 Å². The van der Waals surface area contributed by atoms with Gasteiger partial charge in [-0.15, -0.1) is 0 Å². The second-order valence-corrected chi connectivity index (χ2v) is 6.53. The number of hydrogen-bond acceptors (Lipinski definition) is 3. The molecular weight excluding hydrogens is 240 g/mol. The van der Waals surface area contributed by atoms with Crippen LogP contribution in [0.25, 0.3) is 0 Å². The summed E-state index contributed by atoms with van der Waals surface area (Å²) >= 11 is 0. The van der Waals surface area contributed by atoms with E-state index >= 15 is 0 Å². The van der Waals surface area contributed by atoms with Gasteiger partial charge >= 0.3 is 0 Å². The van der Waals surface area contributed by atoms with Gasteiger partial charge in [0.2, 0.25) is 5.91 Å². The van der Waals surface area contributed by atoms with E-state index in [9.17, 15) is 4.79 Å². The Balaban J connectivity index is 2.10. The van der Waals surface area contributed by atoms with Gasteiger partial charge in [-0.3, -0.25) is 4.79 Å². The standard InChI is InChI=1S/C15H28N2O2/c1-11(2)15(6-7-16-10-15)14(18)17-8-5-12(3)13(9-17)19-4/h11-13,16H,5-10H2,1-4H3. The van der Waals surface area contributed by atoms with Crippen LogP contribution >= 0.6 is 0 Å². The third-order valence-electron chi connectivity index (χ3n) is 5.20. The monoisotopic (exact) mass is 268 g/mol. The number of piperidine rings is 1. The van der Waals surface area contributed by atoms with Crippen molar-refractivity contribution >= 4 is 5.91 Å². The van der Waals surface area contributed by atoms with Crippen LogP contribution in [0.2, 0.25) is 0 Å². The molecule has 2 rings (SSSR count). The Morgan fingerprint density at radius 2 is 2.21 bits per heavy atom. The fourth-order valence-electron chi connectivity index (χ4n) is 3.47. The van der Waals surface area contributed by atoms with Crippen molar-refractivity contribution < 1.29 is 9.53 Å². The van der Waals surface area contributed by atoms with Crippen LogP contribution in [0.4, 0.5) is 0 Å². The Morgan fingerprint density at radius 1 is 1.47 bits per heavy atom. The quantitative estimate of drug-likeness (QED) is 0.843. The second-order valence-electron chi connectivity index (χ2n) is 6.53. The van der Waals surface area contributed by atoms with E-state index in [1.807, 2.05) is 4.90 Å². The molecular formula is C15H28N2O2. The van der Waals surface area contributed by atoms with E-state index in [2.05, 4.69) is 26.1 Å². The molecule has 0 radical (unpaired) electrons. The predicted octanol–water partition coefficient (Wildman–Crippen LogP) is 1.51. The molecule has 1 N–H and O–H groups in total. The Hall–Kier alpha value is -0.610. The summed E-state index contributed by atoms with van der Waals surface area (Å²) in [5.74, 6) is 1.27. The lowest BCUT2D eigenvalue weighted by molar-refractivity contribution is -0.148. The molecule has 4 nitrogen and oxygen atoms in total. The minimum absolute atomic E-state index is 0.191. The maximum absolute atomic E-state index is 13.0. The topological polar surface area (TPSA) is 41.6 Å². The Bertz CT molecular complexity index is 324. The van der Waals surface area contributed by atoms with Gasteiger partial charge in [0.1, 0.15) is 0 Å². The van der Waals surface area contributed by atoms with Gasteiger partial charge in [-0.05, 0) is 31.2 Å². The lowest BCUT2D eigenvalue weighted by atomic mass is 9.74. The molecule has 3 unspecified atom stereocenters. The van der Waals surface area contributed by atoms with Gasteiger partial charge in [-0.25, -0.2) is 0 Å². The second kappa shape index (κ2) is 5.80. The lowest BCUT2D eigenvalue weighted by Crippen LogP contribution is -2.54. The van der Waals surface area contributed by atoms with E-state index in [0.717, 1.165) is 39.0 Å². The van der Waals surface area contributed by atoms with E-state index < -0.39 is 0 Å². The molecule has 19 heavy (non-hydrogen) atoms. The largest absolute Gasteiger partial charge is 0.379 e. The fourth-order valence-corrected chi connectivity index (χ4v) is 3.47. The number of ether oxygens (including phenoxy) is 1. The van der Waals surface area contributed by atoms with Crippen LogP contribution in [-0.4, -0.2) is 50.2 Å². The summed E-state index contributed by atoms with van der Waals surface area (Å²) in [6.45, 7) is 9.98. The van der Waals surface area contributed by atoms with Crippen molar-refractivity contribution in [3.8, 4) is 0 Å². The van der Waals surface area contributed by atoms with Crippen molar-refractivity contribution in [2.75, 3.05) is 33.3 Å². The van der Waals surface area contributed by atoms with E-state index in [0.29, 0.717) is 17.7 Å². The maximum atomic E-state index is 13.0. The number of hydrogen-bond donors (Lipinski definition) is 1. The number of likely N-dealkylation sites (tertiary alicyclic amines) is 1. The molecule has 0 spiro atoms. The van der Waals surface area contributed by atoms with Gasteiger partial charge in [0.05, 0.1) is 11.5 Å². The first-order valence-corrected chi connectivity index (χ1v) is 7.54. The Labute approximate surface area is 116 Å². The highest BCUT2D eigenvalue weighted by Crippen LogP contribution is 2.37. The third-order valence-corrected chi connectivity index (χ3v) is 5.20. The number of carbonyl (C=O) groups excluding carboxylic acids is 1. The van der Waals surface area contributed by atoms with Crippen LogP contribution < -0.4 is 5.32 Å². The van der Waals surface area contributed by atoms with Crippen molar-refractivity contribution in [2.24, 2.45) is 17.3 Å². The highest BCUT2D eigenvalue weighted by atomic mass is 16.5. The molecule has 2 aliphatic rings. The molecule has 2 fully saturated rings. The van der Waals surface area contributed by atoms with Crippen LogP contribution in [-0.2, 0) is 9.53 Å².